The van der Waals surface area contributed by atoms with Gasteiger partial charge < -0.3 is 19.1 Å². The Morgan fingerprint density at radius 2 is 1.64 bits per heavy atom. The maximum absolute atomic E-state index is 13.3. The lowest BCUT2D eigenvalue weighted by molar-refractivity contribution is -0.0956. The zero-order valence-corrected chi connectivity index (χ0v) is 18.5. The second-order valence-electron chi connectivity index (χ2n) is 8.52. The number of piperidine rings is 1. The Morgan fingerprint density at radius 1 is 1.00 bits per heavy atom. The molecule has 0 unspecified atom stereocenters. The smallest absolute Gasteiger partial charge is 0.261 e. The van der Waals surface area contributed by atoms with Gasteiger partial charge in [-0.15, -0.1) is 0 Å². The summed E-state index contributed by atoms with van der Waals surface area (Å²) in [6.45, 7) is 2.56. The molecule has 8 nitrogen and oxygen atoms in total. The van der Waals surface area contributed by atoms with Crippen molar-refractivity contribution in [3.8, 4) is 5.75 Å². The van der Waals surface area contributed by atoms with Gasteiger partial charge in [0.25, 0.3) is 17.7 Å². The van der Waals surface area contributed by atoms with Crippen molar-refractivity contribution in [1.29, 1.82) is 0 Å². The predicted octanol–water partition coefficient (Wildman–Crippen LogP) is 2.72. The molecule has 3 aliphatic heterocycles. The van der Waals surface area contributed by atoms with Crippen LogP contribution in [0.15, 0.2) is 42.5 Å². The molecule has 2 fully saturated rings. The third kappa shape index (κ3) is 4.00. The Bertz CT molecular complexity index is 1050. The lowest BCUT2D eigenvalue weighted by Crippen LogP contribution is -2.41. The minimum Gasteiger partial charge on any atom is -0.496 e. The van der Waals surface area contributed by atoms with Crippen molar-refractivity contribution in [1.82, 2.24) is 9.80 Å². The molecule has 0 N–H and O–H groups in total. The standard InChI is InChI=1S/C25H26N2O6/c1-31-21-7-6-16(15-27-23(29)18-4-2-3-5-19(18)24(27)30)14-20(21)22(28)26-10-8-17(9-11-26)25-32-12-13-33-25/h2-7,14,17,25H,8-13,15H2,1H3. The Morgan fingerprint density at radius 3 is 2.24 bits per heavy atom. The number of hydrogen-bond acceptors (Lipinski definition) is 6. The van der Waals surface area contributed by atoms with Crippen LogP contribution in [0.2, 0.25) is 0 Å². The zero-order valence-electron chi connectivity index (χ0n) is 18.5. The van der Waals surface area contributed by atoms with Crippen molar-refractivity contribution in [3.05, 3.63) is 64.7 Å². The fourth-order valence-corrected chi connectivity index (χ4v) is 4.78. The molecule has 0 aromatic heterocycles. The van der Waals surface area contributed by atoms with Crippen LogP contribution in [0.1, 0.15) is 49.5 Å². The van der Waals surface area contributed by atoms with Crippen molar-refractivity contribution in [2.24, 2.45) is 5.92 Å². The van der Waals surface area contributed by atoms with E-state index in [2.05, 4.69) is 0 Å². The van der Waals surface area contributed by atoms with Crippen LogP contribution >= 0.6 is 0 Å². The number of imide groups is 1. The lowest BCUT2D eigenvalue weighted by atomic mass is 9.95. The summed E-state index contributed by atoms with van der Waals surface area (Å²) in [6, 6.07) is 12.0. The molecule has 0 bridgehead atoms. The molecule has 8 heteroatoms. The first-order chi connectivity index (χ1) is 16.1. The van der Waals surface area contributed by atoms with Crippen LogP contribution in [0.3, 0.4) is 0 Å². The van der Waals surface area contributed by atoms with Crippen LogP contribution in [0, 0.1) is 5.92 Å². The summed E-state index contributed by atoms with van der Waals surface area (Å²) in [5.41, 5.74) is 1.94. The van der Waals surface area contributed by atoms with Gasteiger partial charge in [0.1, 0.15) is 5.75 Å². The van der Waals surface area contributed by atoms with E-state index in [9.17, 15) is 14.4 Å². The first-order valence-corrected chi connectivity index (χ1v) is 11.2. The molecular formula is C25H26N2O6. The number of hydrogen-bond donors (Lipinski definition) is 0. The van der Waals surface area contributed by atoms with Gasteiger partial charge in [0.05, 0.1) is 43.6 Å². The Labute approximate surface area is 192 Å². The molecule has 0 atom stereocenters. The van der Waals surface area contributed by atoms with Gasteiger partial charge in [-0.2, -0.15) is 0 Å². The predicted molar refractivity (Wildman–Crippen MR) is 118 cm³/mol. The summed E-state index contributed by atoms with van der Waals surface area (Å²) in [7, 11) is 1.52. The molecular weight excluding hydrogens is 424 g/mol. The summed E-state index contributed by atoms with van der Waals surface area (Å²) in [4.78, 5) is 41.8. The van der Waals surface area contributed by atoms with E-state index >= 15 is 0 Å². The van der Waals surface area contributed by atoms with Crippen LogP contribution in [-0.2, 0) is 16.0 Å². The lowest BCUT2D eigenvalue weighted by Gasteiger charge is -2.34. The summed E-state index contributed by atoms with van der Waals surface area (Å²) >= 11 is 0. The van der Waals surface area contributed by atoms with E-state index in [1.807, 2.05) is 4.90 Å². The number of amides is 3. The molecule has 3 amide bonds. The van der Waals surface area contributed by atoms with Crippen molar-refractivity contribution in [2.45, 2.75) is 25.7 Å². The number of rotatable bonds is 5. The highest BCUT2D eigenvalue weighted by atomic mass is 16.7. The van der Waals surface area contributed by atoms with Crippen molar-refractivity contribution < 1.29 is 28.6 Å². The highest BCUT2D eigenvalue weighted by Crippen LogP contribution is 2.30. The first-order valence-electron chi connectivity index (χ1n) is 11.2. The van der Waals surface area contributed by atoms with Crippen LogP contribution in [0.5, 0.6) is 5.75 Å². The van der Waals surface area contributed by atoms with Gasteiger partial charge in [-0.05, 0) is 42.7 Å². The van der Waals surface area contributed by atoms with E-state index in [1.54, 1.807) is 42.5 Å². The molecule has 2 aromatic rings. The number of fused-ring (bicyclic) bond motifs is 1. The van der Waals surface area contributed by atoms with E-state index in [4.69, 9.17) is 14.2 Å². The average Bonchev–Trinajstić information content (AvgIpc) is 3.48. The number of carbonyl (C=O) groups is 3. The van der Waals surface area contributed by atoms with Crippen LogP contribution in [0.4, 0.5) is 0 Å². The maximum Gasteiger partial charge on any atom is 0.261 e. The van der Waals surface area contributed by atoms with E-state index in [-0.39, 0.29) is 30.6 Å². The van der Waals surface area contributed by atoms with Gasteiger partial charge in [-0.25, -0.2) is 0 Å². The molecule has 0 aliphatic carbocycles. The van der Waals surface area contributed by atoms with Crippen molar-refractivity contribution >= 4 is 17.7 Å². The van der Waals surface area contributed by atoms with E-state index in [1.165, 1.54) is 12.0 Å². The fraction of sp³-hybridized carbons (Fsp3) is 0.400. The molecule has 3 heterocycles. The molecule has 0 saturated carbocycles. The van der Waals surface area contributed by atoms with Gasteiger partial charge in [-0.3, -0.25) is 19.3 Å². The largest absolute Gasteiger partial charge is 0.496 e. The Hall–Kier alpha value is -3.23. The van der Waals surface area contributed by atoms with Gasteiger partial charge in [-0.1, -0.05) is 18.2 Å². The van der Waals surface area contributed by atoms with E-state index < -0.39 is 0 Å². The normalized spacial score (nSPS) is 19.3. The average molecular weight is 450 g/mol. The zero-order chi connectivity index (χ0) is 22.9. The molecule has 0 radical (unpaired) electrons. The van der Waals surface area contributed by atoms with Gasteiger partial charge in [0.15, 0.2) is 6.29 Å². The van der Waals surface area contributed by atoms with Gasteiger partial charge >= 0.3 is 0 Å². The minimum atomic E-state index is -0.322. The second kappa shape index (κ2) is 8.96. The highest BCUT2D eigenvalue weighted by Gasteiger charge is 2.36. The van der Waals surface area contributed by atoms with Gasteiger partial charge in [0.2, 0.25) is 0 Å². The van der Waals surface area contributed by atoms with Crippen molar-refractivity contribution in [2.75, 3.05) is 33.4 Å². The quantitative estimate of drug-likeness (QED) is 0.652. The first kappa shape index (κ1) is 21.6. The third-order valence-corrected chi connectivity index (χ3v) is 6.57. The van der Waals surface area contributed by atoms with Crippen LogP contribution in [0.25, 0.3) is 0 Å². The molecule has 3 aliphatic rings. The molecule has 2 aromatic carbocycles. The number of carbonyl (C=O) groups excluding carboxylic acids is 3. The summed E-state index contributed by atoms with van der Waals surface area (Å²) in [5.74, 6) is -0.00694. The third-order valence-electron chi connectivity index (χ3n) is 6.57. The summed E-state index contributed by atoms with van der Waals surface area (Å²) in [6.07, 6.45) is 1.46. The number of nitrogens with zero attached hydrogens (tertiary/aromatic N) is 2. The Balaban J connectivity index is 1.31. The van der Waals surface area contributed by atoms with Gasteiger partial charge in [0, 0.05) is 19.0 Å². The molecule has 2 saturated heterocycles. The van der Waals surface area contributed by atoms with E-state index in [0.717, 1.165) is 12.8 Å². The number of likely N-dealkylation sites (tertiary alicyclic amines) is 1. The number of ether oxygens (including phenoxy) is 3. The molecule has 33 heavy (non-hydrogen) atoms. The molecule has 0 spiro atoms. The number of benzene rings is 2. The SMILES string of the molecule is COc1ccc(CN2C(=O)c3ccccc3C2=O)cc1C(=O)N1CCC(C2OCCO2)CC1. The number of methoxy groups -OCH3 is 1. The Kier molecular flexibility index (Phi) is 5.86. The monoisotopic (exact) mass is 450 g/mol. The van der Waals surface area contributed by atoms with Crippen molar-refractivity contribution in [3.63, 3.8) is 0 Å². The van der Waals surface area contributed by atoms with E-state index in [0.29, 0.717) is 60.2 Å². The fourth-order valence-electron chi connectivity index (χ4n) is 4.78. The second-order valence-corrected chi connectivity index (χ2v) is 8.52. The topological polar surface area (TPSA) is 85.4 Å². The minimum absolute atomic E-state index is 0.0923. The molecule has 5 rings (SSSR count). The highest BCUT2D eigenvalue weighted by molar-refractivity contribution is 6.21. The maximum atomic E-state index is 13.3. The summed E-state index contributed by atoms with van der Waals surface area (Å²) in [5, 5.41) is 0. The van der Waals surface area contributed by atoms with Crippen LogP contribution in [-0.4, -0.2) is 67.2 Å². The summed E-state index contributed by atoms with van der Waals surface area (Å²) < 4.78 is 16.7. The van der Waals surface area contributed by atoms with Crippen LogP contribution < -0.4 is 4.74 Å². The molecule has 172 valence electrons.